The zero-order valence-electron chi connectivity index (χ0n) is 28.9. The number of fused-ring (bicyclic) bond motifs is 2. The first-order chi connectivity index (χ1) is 24.2. The largest absolute Gasteiger partial charge is 0.506 e. The molecule has 1 heterocycles. The molecule has 0 saturated carbocycles. The van der Waals surface area contributed by atoms with E-state index in [0.29, 0.717) is 51.3 Å². The third-order valence-electron chi connectivity index (χ3n) is 8.16. The van der Waals surface area contributed by atoms with Crippen LogP contribution in [0.1, 0.15) is 31.4 Å². The summed E-state index contributed by atoms with van der Waals surface area (Å²) in [6.07, 6.45) is 1.91. The maximum Gasteiger partial charge on any atom is 0.305 e. The summed E-state index contributed by atoms with van der Waals surface area (Å²) < 4.78 is 62.1. The molecule has 17 heteroatoms. The second kappa shape index (κ2) is 20.6. The molecule has 0 spiro atoms. The highest BCUT2D eigenvalue weighted by Gasteiger charge is 2.15. The van der Waals surface area contributed by atoms with Crippen LogP contribution in [-0.2, 0) is 42.6 Å². The molecule has 282 valence electrons. The smallest absolute Gasteiger partial charge is 0.305 e. The number of aromatic hydroxyl groups is 1. The quantitative estimate of drug-likeness (QED) is 0.0650. The lowest BCUT2D eigenvalue weighted by Gasteiger charge is -2.27. The Labute approximate surface area is 302 Å². The van der Waals surface area contributed by atoms with Crippen molar-refractivity contribution in [2.24, 2.45) is 0 Å². The molecule has 14 nitrogen and oxygen atoms in total. The number of amides is 1. The number of benzene rings is 3. The highest BCUT2D eigenvalue weighted by molar-refractivity contribution is 7.89. The number of hydrogen-bond acceptors (Lipinski definition) is 11. The van der Waals surface area contributed by atoms with Gasteiger partial charge in [-0.1, -0.05) is 73.7 Å². The SMILES string of the molecule is CCN(CC)CCN(CCNCCc1ccc(O)c2[nH]c(=O)sc12)C(=O)CCOCCc1cccc2ccccc12.O=S(=O)(O)CCS(=O)(=O)O. The summed E-state index contributed by atoms with van der Waals surface area (Å²) in [5, 5.41) is 15.9. The topological polar surface area (TPSA) is 207 Å². The summed E-state index contributed by atoms with van der Waals surface area (Å²) in [6, 6.07) is 18.2. The van der Waals surface area contributed by atoms with Gasteiger partial charge in [0.2, 0.25) is 5.91 Å². The second-order valence-electron chi connectivity index (χ2n) is 11.7. The van der Waals surface area contributed by atoms with Crippen molar-refractivity contribution >= 4 is 58.5 Å². The normalized spacial score (nSPS) is 11.9. The van der Waals surface area contributed by atoms with Crippen LogP contribution in [0.4, 0.5) is 0 Å². The highest BCUT2D eigenvalue weighted by Crippen LogP contribution is 2.27. The molecule has 3 aromatic carbocycles. The lowest BCUT2D eigenvalue weighted by molar-refractivity contribution is -0.132. The first-order valence-electron chi connectivity index (χ1n) is 16.7. The number of nitrogens with one attached hydrogen (secondary N) is 2. The summed E-state index contributed by atoms with van der Waals surface area (Å²) >= 11 is 1.12. The van der Waals surface area contributed by atoms with Crippen molar-refractivity contribution in [2.75, 3.05) is 70.5 Å². The number of aromatic nitrogens is 1. The number of aromatic amines is 1. The van der Waals surface area contributed by atoms with E-state index in [4.69, 9.17) is 13.8 Å². The van der Waals surface area contributed by atoms with E-state index < -0.39 is 31.7 Å². The molecular formula is C34H48N4O10S3. The molecule has 0 aliphatic heterocycles. The number of carbonyl (C=O) groups excluding carboxylic acids is 1. The zero-order valence-corrected chi connectivity index (χ0v) is 31.4. The number of hydrogen-bond donors (Lipinski definition) is 5. The van der Waals surface area contributed by atoms with Gasteiger partial charge in [-0.15, -0.1) is 0 Å². The van der Waals surface area contributed by atoms with Crippen LogP contribution in [0.25, 0.3) is 21.0 Å². The summed E-state index contributed by atoms with van der Waals surface area (Å²) in [5.74, 6) is -1.76. The Bertz CT molecular complexity index is 1940. The monoisotopic (exact) mass is 768 g/mol. The van der Waals surface area contributed by atoms with Gasteiger partial charge in [-0.2, -0.15) is 16.8 Å². The zero-order chi connectivity index (χ0) is 37.4. The molecule has 5 N–H and O–H groups in total. The Hall–Kier alpha value is -3.42. The Morgan fingerprint density at radius 2 is 1.53 bits per heavy atom. The third-order valence-corrected chi connectivity index (χ3v) is 10.8. The van der Waals surface area contributed by atoms with Gasteiger partial charge < -0.3 is 29.9 Å². The number of phenols is 1. The van der Waals surface area contributed by atoms with Crippen molar-refractivity contribution in [3.05, 3.63) is 75.4 Å². The van der Waals surface area contributed by atoms with E-state index in [0.717, 1.165) is 54.1 Å². The van der Waals surface area contributed by atoms with Crippen LogP contribution in [0.2, 0.25) is 0 Å². The number of thiazole rings is 1. The van der Waals surface area contributed by atoms with Gasteiger partial charge in [-0.25, -0.2) is 0 Å². The Balaban J connectivity index is 0.000000612. The van der Waals surface area contributed by atoms with Crippen LogP contribution in [0.15, 0.2) is 59.4 Å². The Morgan fingerprint density at radius 1 is 0.843 bits per heavy atom. The predicted octanol–water partition coefficient (Wildman–Crippen LogP) is 3.16. The van der Waals surface area contributed by atoms with Crippen molar-refractivity contribution < 1.29 is 40.6 Å². The average Bonchev–Trinajstić information content (AvgIpc) is 3.49. The van der Waals surface area contributed by atoms with E-state index in [2.05, 4.69) is 71.5 Å². The Kier molecular flexibility index (Phi) is 16.9. The summed E-state index contributed by atoms with van der Waals surface area (Å²) in [4.78, 5) is 31.7. The van der Waals surface area contributed by atoms with E-state index in [1.807, 2.05) is 11.0 Å². The van der Waals surface area contributed by atoms with E-state index in [1.165, 1.54) is 16.3 Å². The molecule has 0 unspecified atom stereocenters. The van der Waals surface area contributed by atoms with Crippen LogP contribution >= 0.6 is 11.3 Å². The maximum absolute atomic E-state index is 13.2. The number of ether oxygens (including phenoxy) is 1. The predicted molar refractivity (Wildman–Crippen MR) is 201 cm³/mol. The van der Waals surface area contributed by atoms with Gasteiger partial charge in [-0.3, -0.25) is 18.7 Å². The molecule has 0 saturated heterocycles. The van der Waals surface area contributed by atoms with Gasteiger partial charge in [-0.05, 0) is 60.4 Å². The molecule has 1 aromatic heterocycles. The van der Waals surface area contributed by atoms with Crippen molar-refractivity contribution in [3.63, 3.8) is 0 Å². The summed E-state index contributed by atoms with van der Waals surface area (Å²) in [7, 11) is -8.59. The first-order valence-corrected chi connectivity index (χ1v) is 20.7. The van der Waals surface area contributed by atoms with E-state index >= 15 is 0 Å². The molecule has 0 bridgehead atoms. The second-order valence-corrected chi connectivity index (χ2v) is 15.8. The highest BCUT2D eigenvalue weighted by atomic mass is 32.2. The minimum absolute atomic E-state index is 0.0926. The van der Waals surface area contributed by atoms with E-state index in [-0.39, 0.29) is 16.5 Å². The fraction of sp³-hybridized carbons (Fsp3) is 0.471. The van der Waals surface area contributed by atoms with E-state index in [1.54, 1.807) is 6.07 Å². The number of H-pyrrole nitrogens is 1. The van der Waals surface area contributed by atoms with Gasteiger partial charge in [0.25, 0.3) is 20.2 Å². The van der Waals surface area contributed by atoms with Gasteiger partial charge >= 0.3 is 4.87 Å². The average molecular weight is 769 g/mol. The number of carbonyl (C=O) groups is 1. The summed E-state index contributed by atoms with van der Waals surface area (Å²) in [5.41, 5.74) is 2.79. The lowest BCUT2D eigenvalue weighted by atomic mass is 10.0. The van der Waals surface area contributed by atoms with Crippen LogP contribution < -0.4 is 10.2 Å². The lowest BCUT2D eigenvalue weighted by Crippen LogP contribution is -2.42. The standard InChI is InChI=1S/C32H42N4O4S.C2H6O6S2/c1-3-35(4-2)20-21-36(19-18-33-17-14-26-12-13-28(37)30-31(26)41-32(39)34-30)29(38)16-23-40-22-15-25-10-7-9-24-8-5-6-11-27(24)25;3-9(4,5)1-2-10(6,7)8/h5-13,33,37H,3-4,14-23H2,1-2H3,(H,34,39);1-2H2,(H,3,4,5)(H,6,7,8). The van der Waals surface area contributed by atoms with Crippen molar-refractivity contribution in [3.8, 4) is 5.75 Å². The van der Waals surface area contributed by atoms with Crippen LogP contribution in [0, 0.1) is 0 Å². The summed E-state index contributed by atoms with van der Waals surface area (Å²) in [6.45, 7) is 10.7. The maximum atomic E-state index is 13.2. The number of phenolic OH excluding ortho intramolecular Hbond substituents is 1. The molecule has 4 aromatic rings. The molecular weight excluding hydrogens is 721 g/mol. The van der Waals surface area contributed by atoms with Gasteiger partial charge in [0.15, 0.2) is 0 Å². The molecule has 0 aliphatic carbocycles. The van der Waals surface area contributed by atoms with Gasteiger partial charge in [0.05, 0.1) is 35.8 Å². The minimum atomic E-state index is -4.30. The first kappa shape index (κ1) is 42.0. The van der Waals surface area contributed by atoms with Crippen molar-refractivity contribution in [1.29, 1.82) is 0 Å². The minimum Gasteiger partial charge on any atom is -0.506 e. The fourth-order valence-electron chi connectivity index (χ4n) is 5.32. The van der Waals surface area contributed by atoms with Crippen LogP contribution in [-0.4, -0.2) is 122 Å². The molecule has 0 fully saturated rings. The Morgan fingerprint density at radius 3 is 2.22 bits per heavy atom. The number of rotatable bonds is 20. The molecule has 0 aliphatic rings. The van der Waals surface area contributed by atoms with Crippen molar-refractivity contribution in [2.45, 2.75) is 33.1 Å². The number of nitrogens with zero attached hydrogens (tertiary/aromatic N) is 2. The molecule has 1 amide bonds. The number of likely N-dealkylation sites (N-methyl/N-ethyl adjacent to an activating group) is 1. The van der Waals surface area contributed by atoms with Crippen LogP contribution in [0.3, 0.4) is 0 Å². The van der Waals surface area contributed by atoms with E-state index in [9.17, 15) is 31.5 Å². The molecule has 51 heavy (non-hydrogen) atoms. The third kappa shape index (κ3) is 15.0. The molecule has 0 atom stereocenters. The fourth-order valence-corrected chi connectivity index (χ4v) is 7.90. The van der Waals surface area contributed by atoms with Gasteiger partial charge in [0, 0.05) is 26.2 Å². The molecule has 4 rings (SSSR count). The molecule has 0 radical (unpaired) electrons. The van der Waals surface area contributed by atoms with Gasteiger partial charge in [0.1, 0.15) is 11.3 Å². The van der Waals surface area contributed by atoms with Crippen LogP contribution in [0.5, 0.6) is 5.75 Å². The van der Waals surface area contributed by atoms with Crippen molar-refractivity contribution in [1.82, 2.24) is 20.1 Å².